The Hall–Kier alpha value is -0.830. The predicted molar refractivity (Wildman–Crippen MR) is 38.0 cm³/mol. The lowest BCUT2D eigenvalue weighted by atomic mass is 10.4. The lowest BCUT2D eigenvalue weighted by Gasteiger charge is -2.20. The van der Waals surface area contributed by atoms with Gasteiger partial charge in [0, 0.05) is 25.2 Å². The summed E-state index contributed by atoms with van der Waals surface area (Å²) in [6.07, 6.45) is 3.70. The van der Waals surface area contributed by atoms with Crippen LogP contribution in [0.5, 0.6) is 0 Å². The number of hydrogen-bond acceptors (Lipinski definition) is 3. The van der Waals surface area contributed by atoms with Gasteiger partial charge in [0.2, 0.25) is 0 Å². The summed E-state index contributed by atoms with van der Waals surface area (Å²) in [6, 6.07) is 0. The summed E-state index contributed by atoms with van der Waals surface area (Å²) in [5.41, 5.74) is 4.13. The summed E-state index contributed by atoms with van der Waals surface area (Å²) in [6.45, 7) is 2.89. The smallest absolute Gasteiger partial charge is 0.0718 e. The Morgan fingerprint density at radius 3 is 3.00 bits per heavy atom. The average molecular weight is 125 g/mol. The zero-order chi connectivity index (χ0) is 6.69. The molecule has 0 fully saturated rings. The molecular weight excluding hydrogens is 114 g/mol. The van der Waals surface area contributed by atoms with E-state index in [2.05, 4.69) is 10.4 Å². The van der Waals surface area contributed by atoms with Crippen LogP contribution in [0.3, 0.4) is 0 Å². The minimum atomic E-state index is 0.882. The zero-order valence-electron chi connectivity index (χ0n) is 5.76. The van der Waals surface area contributed by atoms with E-state index in [0.29, 0.717) is 0 Å². The van der Waals surface area contributed by atoms with Gasteiger partial charge in [-0.2, -0.15) is 0 Å². The molecule has 1 heterocycles. The SMILES string of the molecule is CNN1C=CN=C(C)C1. The highest BCUT2D eigenvalue weighted by Gasteiger charge is 2.00. The molecule has 3 heteroatoms. The highest BCUT2D eigenvalue weighted by atomic mass is 15.5. The molecule has 0 amide bonds. The molecule has 0 saturated heterocycles. The third-order valence-electron chi connectivity index (χ3n) is 1.23. The molecular formula is C6H11N3. The van der Waals surface area contributed by atoms with Gasteiger partial charge in [-0.1, -0.05) is 0 Å². The molecule has 0 saturated carbocycles. The van der Waals surface area contributed by atoms with Crippen molar-refractivity contribution in [2.24, 2.45) is 4.99 Å². The highest BCUT2D eigenvalue weighted by molar-refractivity contribution is 5.85. The van der Waals surface area contributed by atoms with Crippen LogP contribution >= 0.6 is 0 Å². The number of aliphatic imine (C=N–C) groups is 1. The minimum Gasteiger partial charge on any atom is -0.309 e. The Bertz CT molecular complexity index is 148. The highest BCUT2D eigenvalue weighted by Crippen LogP contribution is 1.93. The molecule has 0 aromatic carbocycles. The van der Waals surface area contributed by atoms with Crippen molar-refractivity contribution < 1.29 is 0 Å². The van der Waals surface area contributed by atoms with Crippen LogP contribution in [0.25, 0.3) is 0 Å². The van der Waals surface area contributed by atoms with E-state index in [4.69, 9.17) is 0 Å². The molecule has 1 aliphatic heterocycles. The predicted octanol–water partition coefficient (Wildman–Crippen LogP) is 0.369. The zero-order valence-corrected chi connectivity index (χ0v) is 5.76. The van der Waals surface area contributed by atoms with Crippen LogP contribution in [-0.2, 0) is 0 Å². The molecule has 0 bridgehead atoms. The van der Waals surface area contributed by atoms with Crippen molar-refractivity contribution in [1.82, 2.24) is 10.4 Å². The number of rotatable bonds is 1. The normalized spacial score (nSPS) is 18.0. The van der Waals surface area contributed by atoms with E-state index in [1.807, 2.05) is 25.2 Å². The second-order valence-electron chi connectivity index (χ2n) is 2.01. The number of nitrogens with zero attached hydrogens (tertiary/aromatic N) is 2. The molecule has 0 spiro atoms. The lowest BCUT2D eigenvalue weighted by molar-refractivity contribution is 0.335. The third-order valence-corrected chi connectivity index (χ3v) is 1.23. The number of hydrogen-bond donors (Lipinski definition) is 1. The van der Waals surface area contributed by atoms with E-state index in [1.54, 1.807) is 6.20 Å². The monoisotopic (exact) mass is 125 g/mol. The first kappa shape index (κ1) is 6.29. The first-order valence-corrected chi connectivity index (χ1v) is 2.97. The van der Waals surface area contributed by atoms with Crippen molar-refractivity contribution in [3.63, 3.8) is 0 Å². The maximum Gasteiger partial charge on any atom is 0.0718 e. The molecule has 0 radical (unpaired) electrons. The van der Waals surface area contributed by atoms with Gasteiger partial charge in [-0.3, -0.25) is 4.99 Å². The molecule has 0 unspecified atom stereocenters. The maximum absolute atomic E-state index is 4.08. The first-order valence-electron chi connectivity index (χ1n) is 2.97. The van der Waals surface area contributed by atoms with Gasteiger partial charge < -0.3 is 5.01 Å². The van der Waals surface area contributed by atoms with Gasteiger partial charge in [0.15, 0.2) is 0 Å². The van der Waals surface area contributed by atoms with E-state index in [9.17, 15) is 0 Å². The first-order chi connectivity index (χ1) is 4.33. The van der Waals surface area contributed by atoms with Crippen molar-refractivity contribution >= 4 is 5.71 Å². The van der Waals surface area contributed by atoms with Crippen molar-refractivity contribution in [2.45, 2.75) is 6.92 Å². The largest absolute Gasteiger partial charge is 0.309 e. The Kier molecular flexibility index (Phi) is 1.85. The van der Waals surface area contributed by atoms with Gasteiger partial charge in [-0.15, -0.1) is 0 Å². The van der Waals surface area contributed by atoms with Crippen LogP contribution in [0.1, 0.15) is 6.92 Å². The Morgan fingerprint density at radius 1 is 1.78 bits per heavy atom. The minimum absolute atomic E-state index is 0.882. The van der Waals surface area contributed by atoms with Gasteiger partial charge >= 0.3 is 0 Å². The molecule has 3 nitrogen and oxygen atoms in total. The summed E-state index contributed by atoms with van der Waals surface area (Å²) in [5, 5.41) is 1.97. The molecule has 1 rings (SSSR count). The molecule has 0 aromatic heterocycles. The fourth-order valence-electron chi connectivity index (χ4n) is 0.735. The fraction of sp³-hybridized carbons (Fsp3) is 0.500. The van der Waals surface area contributed by atoms with Crippen LogP contribution in [0, 0.1) is 0 Å². The van der Waals surface area contributed by atoms with Crippen LogP contribution in [0.15, 0.2) is 17.4 Å². The summed E-state index contributed by atoms with van der Waals surface area (Å²) < 4.78 is 0. The van der Waals surface area contributed by atoms with Gasteiger partial charge in [0.25, 0.3) is 0 Å². The summed E-state index contributed by atoms with van der Waals surface area (Å²) in [4.78, 5) is 4.08. The van der Waals surface area contributed by atoms with E-state index < -0.39 is 0 Å². The molecule has 1 N–H and O–H groups in total. The standard InChI is InChI=1S/C6H11N3/c1-6-5-9(7-2)4-3-8-6/h3-4,7H,5H2,1-2H3. The lowest BCUT2D eigenvalue weighted by Crippen LogP contribution is -2.35. The number of nitrogens with one attached hydrogen (secondary N) is 1. The van der Waals surface area contributed by atoms with Gasteiger partial charge in [0.05, 0.1) is 6.54 Å². The molecule has 0 aromatic rings. The van der Waals surface area contributed by atoms with E-state index >= 15 is 0 Å². The van der Waals surface area contributed by atoms with Gasteiger partial charge in [-0.25, -0.2) is 5.43 Å². The Morgan fingerprint density at radius 2 is 2.56 bits per heavy atom. The summed E-state index contributed by atoms with van der Waals surface area (Å²) in [7, 11) is 1.89. The topological polar surface area (TPSA) is 27.6 Å². The van der Waals surface area contributed by atoms with E-state index in [-0.39, 0.29) is 0 Å². The van der Waals surface area contributed by atoms with Gasteiger partial charge in [-0.05, 0) is 6.92 Å². The van der Waals surface area contributed by atoms with Crippen molar-refractivity contribution in [2.75, 3.05) is 13.6 Å². The second kappa shape index (κ2) is 2.64. The quantitative estimate of drug-likeness (QED) is 0.548. The molecule has 1 aliphatic rings. The maximum atomic E-state index is 4.08. The van der Waals surface area contributed by atoms with Gasteiger partial charge in [0.1, 0.15) is 0 Å². The Labute approximate surface area is 55.0 Å². The number of hydrazine groups is 1. The van der Waals surface area contributed by atoms with Crippen LogP contribution in [0.2, 0.25) is 0 Å². The van der Waals surface area contributed by atoms with E-state index in [1.165, 1.54) is 0 Å². The summed E-state index contributed by atoms with van der Waals surface area (Å²) in [5.74, 6) is 0. The average Bonchev–Trinajstić information content (AvgIpc) is 1.88. The van der Waals surface area contributed by atoms with Crippen molar-refractivity contribution in [1.29, 1.82) is 0 Å². The molecule has 9 heavy (non-hydrogen) atoms. The fourth-order valence-corrected chi connectivity index (χ4v) is 0.735. The molecule has 0 aliphatic carbocycles. The van der Waals surface area contributed by atoms with Crippen molar-refractivity contribution in [3.8, 4) is 0 Å². The Balaban J connectivity index is 2.51. The van der Waals surface area contributed by atoms with E-state index in [0.717, 1.165) is 12.3 Å². The van der Waals surface area contributed by atoms with Crippen LogP contribution in [-0.4, -0.2) is 24.3 Å². The van der Waals surface area contributed by atoms with Crippen LogP contribution < -0.4 is 5.43 Å². The molecule has 0 atom stereocenters. The van der Waals surface area contributed by atoms with Crippen LogP contribution in [0.4, 0.5) is 0 Å². The van der Waals surface area contributed by atoms with Crippen molar-refractivity contribution in [3.05, 3.63) is 12.4 Å². The molecule has 50 valence electrons. The summed E-state index contributed by atoms with van der Waals surface area (Å²) >= 11 is 0. The second-order valence-corrected chi connectivity index (χ2v) is 2.01. The third kappa shape index (κ3) is 1.54.